The predicted octanol–water partition coefficient (Wildman–Crippen LogP) is -0.207. The summed E-state index contributed by atoms with van der Waals surface area (Å²) in [6.45, 7) is 1.85. The zero-order valence-corrected chi connectivity index (χ0v) is 6.82. The third-order valence-electron chi connectivity index (χ3n) is 1.12. The Hall–Kier alpha value is -1.30. The van der Waals surface area contributed by atoms with Gasteiger partial charge in [-0.15, -0.1) is 0 Å². The van der Waals surface area contributed by atoms with Gasteiger partial charge in [0.15, 0.2) is 0 Å². The van der Waals surface area contributed by atoms with Gasteiger partial charge < -0.3 is 9.84 Å². The SMILES string of the molecule is CCN(N)C(=O)OCCC(=O)O. The number of carboxylic acids is 1. The number of carboxylic acid groups (broad SMARTS) is 1. The van der Waals surface area contributed by atoms with E-state index in [0.717, 1.165) is 5.01 Å². The highest BCUT2D eigenvalue weighted by Gasteiger charge is 2.08. The number of rotatable bonds is 4. The van der Waals surface area contributed by atoms with Crippen molar-refractivity contribution in [3.05, 3.63) is 0 Å². The van der Waals surface area contributed by atoms with Gasteiger partial charge in [0.25, 0.3) is 0 Å². The largest absolute Gasteiger partial charge is 0.481 e. The molecular weight excluding hydrogens is 164 g/mol. The van der Waals surface area contributed by atoms with Gasteiger partial charge in [0.05, 0.1) is 6.42 Å². The highest BCUT2D eigenvalue weighted by Crippen LogP contribution is 1.88. The van der Waals surface area contributed by atoms with Crippen molar-refractivity contribution >= 4 is 12.1 Å². The highest BCUT2D eigenvalue weighted by molar-refractivity contribution is 5.69. The molecule has 0 aromatic carbocycles. The van der Waals surface area contributed by atoms with E-state index in [0.29, 0.717) is 6.54 Å². The molecule has 0 fully saturated rings. The normalized spacial score (nSPS) is 9.17. The molecule has 1 amide bonds. The van der Waals surface area contributed by atoms with Gasteiger partial charge in [-0.25, -0.2) is 15.6 Å². The summed E-state index contributed by atoms with van der Waals surface area (Å²) in [6, 6.07) is 0. The van der Waals surface area contributed by atoms with Crippen LogP contribution in [0.25, 0.3) is 0 Å². The zero-order chi connectivity index (χ0) is 9.56. The molecule has 0 aliphatic carbocycles. The van der Waals surface area contributed by atoms with Gasteiger partial charge in [-0.05, 0) is 6.92 Å². The Kier molecular flexibility index (Phi) is 4.78. The minimum Gasteiger partial charge on any atom is -0.481 e. The van der Waals surface area contributed by atoms with Gasteiger partial charge in [-0.2, -0.15) is 0 Å². The van der Waals surface area contributed by atoms with E-state index < -0.39 is 12.1 Å². The second-order valence-electron chi connectivity index (χ2n) is 2.04. The van der Waals surface area contributed by atoms with Crippen molar-refractivity contribution in [3.8, 4) is 0 Å². The Bertz CT molecular complexity index is 171. The van der Waals surface area contributed by atoms with Crippen LogP contribution >= 0.6 is 0 Å². The van der Waals surface area contributed by atoms with Crippen LogP contribution in [0.1, 0.15) is 13.3 Å². The molecule has 0 unspecified atom stereocenters. The number of carbonyl (C=O) groups excluding carboxylic acids is 1. The molecule has 0 aromatic rings. The standard InChI is InChI=1S/C6H12N2O4/c1-2-8(7)6(11)12-4-3-5(9)10/h2-4,7H2,1H3,(H,9,10). The average molecular weight is 176 g/mol. The maximum atomic E-state index is 10.7. The van der Waals surface area contributed by atoms with Crippen LogP contribution in [0.15, 0.2) is 0 Å². The molecule has 70 valence electrons. The van der Waals surface area contributed by atoms with E-state index in [4.69, 9.17) is 10.9 Å². The lowest BCUT2D eigenvalue weighted by molar-refractivity contribution is -0.137. The summed E-state index contributed by atoms with van der Waals surface area (Å²) in [7, 11) is 0. The number of hydrogen-bond donors (Lipinski definition) is 2. The molecule has 0 saturated carbocycles. The van der Waals surface area contributed by atoms with Gasteiger partial charge in [0, 0.05) is 6.54 Å². The smallest absolute Gasteiger partial charge is 0.424 e. The van der Waals surface area contributed by atoms with Crippen molar-refractivity contribution in [1.29, 1.82) is 0 Å². The second-order valence-corrected chi connectivity index (χ2v) is 2.04. The van der Waals surface area contributed by atoms with E-state index in [9.17, 15) is 9.59 Å². The summed E-state index contributed by atoms with van der Waals surface area (Å²) in [5, 5.41) is 9.05. The number of nitrogens with two attached hydrogens (primary N) is 1. The first kappa shape index (κ1) is 10.7. The Labute approximate surface area is 69.9 Å². The average Bonchev–Trinajstić information content (AvgIpc) is 2.02. The van der Waals surface area contributed by atoms with Crippen LogP contribution < -0.4 is 5.84 Å². The molecule has 0 aliphatic heterocycles. The van der Waals surface area contributed by atoms with Crippen LogP contribution in [-0.4, -0.2) is 35.3 Å². The number of ether oxygens (including phenoxy) is 1. The third kappa shape index (κ3) is 4.51. The van der Waals surface area contributed by atoms with Crippen LogP contribution in [0.3, 0.4) is 0 Å². The number of nitrogens with zero attached hydrogens (tertiary/aromatic N) is 1. The molecule has 0 aliphatic rings. The fourth-order valence-electron chi connectivity index (χ4n) is 0.438. The molecule has 0 radical (unpaired) electrons. The quantitative estimate of drug-likeness (QED) is 0.351. The van der Waals surface area contributed by atoms with E-state index in [1.807, 2.05) is 0 Å². The topological polar surface area (TPSA) is 92.9 Å². The van der Waals surface area contributed by atoms with Gasteiger partial charge >= 0.3 is 12.1 Å². The molecular formula is C6H12N2O4. The van der Waals surface area contributed by atoms with E-state index in [1.165, 1.54) is 0 Å². The van der Waals surface area contributed by atoms with Crippen molar-refractivity contribution < 1.29 is 19.4 Å². The Morgan fingerprint density at radius 2 is 2.17 bits per heavy atom. The van der Waals surface area contributed by atoms with Gasteiger partial charge in [0.2, 0.25) is 0 Å². The molecule has 0 atom stereocenters. The summed E-state index contributed by atoms with van der Waals surface area (Å²) >= 11 is 0. The predicted molar refractivity (Wildman–Crippen MR) is 40.2 cm³/mol. The summed E-state index contributed by atoms with van der Waals surface area (Å²) in [5.41, 5.74) is 0. The van der Waals surface area contributed by atoms with E-state index in [2.05, 4.69) is 4.74 Å². The maximum absolute atomic E-state index is 10.7. The van der Waals surface area contributed by atoms with Crippen molar-refractivity contribution in [2.45, 2.75) is 13.3 Å². The van der Waals surface area contributed by atoms with Crippen LogP contribution in [0, 0.1) is 0 Å². The number of carbonyl (C=O) groups is 2. The Balaban J connectivity index is 3.50. The first-order valence-electron chi connectivity index (χ1n) is 3.48. The lowest BCUT2D eigenvalue weighted by Gasteiger charge is -2.12. The lowest BCUT2D eigenvalue weighted by atomic mass is 10.5. The fraction of sp³-hybridized carbons (Fsp3) is 0.667. The second kappa shape index (κ2) is 5.36. The number of hydrazine groups is 1. The van der Waals surface area contributed by atoms with Crippen molar-refractivity contribution in [3.63, 3.8) is 0 Å². The third-order valence-corrected chi connectivity index (χ3v) is 1.12. The summed E-state index contributed by atoms with van der Waals surface area (Å²) in [4.78, 5) is 20.7. The zero-order valence-electron chi connectivity index (χ0n) is 6.82. The molecule has 6 nitrogen and oxygen atoms in total. The van der Waals surface area contributed by atoms with Gasteiger partial charge in [-0.1, -0.05) is 0 Å². The van der Waals surface area contributed by atoms with Crippen LogP contribution in [0.4, 0.5) is 4.79 Å². The molecule has 12 heavy (non-hydrogen) atoms. The van der Waals surface area contributed by atoms with E-state index >= 15 is 0 Å². The van der Waals surface area contributed by atoms with Crippen molar-refractivity contribution in [2.24, 2.45) is 5.84 Å². The van der Waals surface area contributed by atoms with Gasteiger partial charge in [0.1, 0.15) is 6.61 Å². The van der Waals surface area contributed by atoms with Crippen LogP contribution in [0.2, 0.25) is 0 Å². The summed E-state index contributed by atoms with van der Waals surface area (Å²) in [5.74, 6) is 4.13. The van der Waals surface area contributed by atoms with Crippen molar-refractivity contribution in [1.82, 2.24) is 5.01 Å². The number of amides is 1. The monoisotopic (exact) mass is 176 g/mol. The fourth-order valence-corrected chi connectivity index (χ4v) is 0.438. The van der Waals surface area contributed by atoms with Crippen molar-refractivity contribution in [2.75, 3.05) is 13.2 Å². The molecule has 0 saturated heterocycles. The lowest BCUT2D eigenvalue weighted by Crippen LogP contribution is -2.37. The molecule has 3 N–H and O–H groups in total. The van der Waals surface area contributed by atoms with E-state index in [-0.39, 0.29) is 13.0 Å². The van der Waals surface area contributed by atoms with Gasteiger partial charge in [-0.3, -0.25) is 4.79 Å². The Morgan fingerprint density at radius 3 is 2.58 bits per heavy atom. The molecule has 0 heterocycles. The van der Waals surface area contributed by atoms with E-state index in [1.54, 1.807) is 6.92 Å². The first-order valence-corrected chi connectivity index (χ1v) is 3.48. The van der Waals surface area contributed by atoms with Crippen LogP contribution in [-0.2, 0) is 9.53 Å². The summed E-state index contributed by atoms with van der Waals surface area (Å²) < 4.78 is 4.49. The first-order chi connectivity index (χ1) is 5.57. The maximum Gasteiger partial charge on any atom is 0.424 e. The Morgan fingerprint density at radius 1 is 1.58 bits per heavy atom. The number of aliphatic carboxylic acids is 1. The molecule has 0 spiro atoms. The minimum atomic E-state index is -1.01. The highest BCUT2D eigenvalue weighted by atomic mass is 16.6. The van der Waals surface area contributed by atoms with Crippen LogP contribution in [0.5, 0.6) is 0 Å². The molecule has 0 rings (SSSR count). The molecule has 6 heteroatoms. The minimum absolute atomic E-state index is 0.151. The summed E-state index contributed by atoms with van der Waals surface area (Å²) in [6.07, 6.45) is -0.915. The molecule has 0 bridgehead atoms. The number of hydrogen-bond acceptors (Lipinski definition) is 4. The molecule has 0 aromatic heterocycles.